The molecule has 0 aliphatic carbocycles. The van der Waals surface area contributed by atoms with Crippen LogP contribution in [0.5, 0.6) is 0 Å². The lowest BCUT2D eigenvalue weighted by atomic mass is 10.1. The van der Waals surface area contributed by atoms with E-state index in [0.29, 0.717) is 30.3 Å². The van der Waals surface area contributed by atoms with Crippen molar-refractivity contribution in [1.29, 1.82) is 0 Å². The number of aromatic nitrogens is 5. The van der Waals surface area contributed by atoms with Crippen LogP contribution in [-0.2, 0) is 6.54 Å². The fraction of sp³-hybridized carbons (Fsp3) is 0.200. The molecule has 28 heavy (non-hydrogen) atoms. The van der Waals surface area contributed by atoms with Crippen LogP contribution in [0.2, 0.25) is 0 Å². The van der Waals surface area contributed by atoms with Gasteiger partial charge in [0.1, 0.15) is 11.5 Å². The molecule has 7 nitrogen and oxygen atoms in total. The second-order valence-corrected chi connectivity index (χ2v) is 6.81. The van der Waals surface area contributed by atoms with Gasteiger partial charge in [0.2, 0.25) is 0 Å². The maximum Gasteiger partial charge on any atom is 0.254 e. The minimum absolute atomic E-state index is 0.143. The third-order valence-electron chi connectivity index (χ3n) is 5.14. The molecule has 4 aromatic rings. The lowest BCUT2D eigenvalue weighted by Crippen LogP contribution is -2.41. The minimum atomic E-state index is -0.361. The summed E-state index contributed by atoms with van der Waals surface area (Å²) in [5, 5.41) is 13.3. The van der Waals surface area contributed by atoms with E-state index in [-0.39, 0.29) is 17.8 Å². The Labute approximate surface area is 160 Å². The van der Waals surface area contributed by atoms with Crippen molar-refractivity contribution < 1.29 is 9.18 Å². The molecule has 0 N–H and O–H groups in total. The molecule has 1 aromatic carbocycles. The summed E-state index contributed by atoms with van der Waals surface area (Å²) in [4.78, 5) is 14.6. The molecule has 0 unspecified atom stereocenters. The fourth-order valence-corrected chi connectivity index (χ4v) is 3.66. The number of fused-ring (bicyclic) bond motifs is 2. The summed E-state index contributed by atoms with van der Waals surface area (Å²) in [7, 11) is 0. The highest BCUT2D eigenvalue weighted by molar-refractivity contribution is 5.94. The Hall–Kier alpha value is -3.55. The summed E-state index contributed by atoms with van der Waals surface area (Å²) in [6.07, 6.45) is 1.89. The molecule has 1 aliphatic heterocycles. The molecule has 4 heterocycles. The Morgan fingerprint density at radius 3 is 2.71 bits per heavy atom. The van der Waals surface area contributed by atoms with Gasteiger partial charge in [-0.05, 0) is 49.4 Å². The Morgan fingerprint density at radius 2 is 1.93 bits per heavy atom. The number of halogens is 1. The van der Waals surface area contributed by atoms with Gasteiger partial charge in [0.15, 0.2) is 11.6 Å². The number of benzene rings is 1. The monoisotopic (exact) mass is 376 g/mol. The quantitative estimate of drug-likeness (QED) is 0.539. The molecule has 140 valence electrons. The average Bonchev–Trinajstić information content (AvgIpc) is 3.32. The van der Waals surface area contributed by atoms with Crippen LogP contribution in [0.15, 0.2) is 54.7 Å². The van der Waals surface area contributed by atoms with E-state index in [1.54, 1.807) is 9.42 Å². The second-order valence-electron chi connectivity index (χ2n) is 6.81. The van der Waals surface area contributed by atoms with Crippen molar-refractivity contribution in [1.82, 2.24) is 29.3 Å². The molecule has 1 aliphatic rings. The molecule has 1 atom stereocenters. The van der Waals surface area contributed by atoms with Gasteiger partial charge in [0.05, 0.1) is 11.6 Å². The van der Waals surface area contributed by atoms with E-state index in [9.17, 15) is 9.18 Å². The highest BCUT2D eigenvalue weighted by Gasteiger charge is 2.32. The number of carbonyl (C=O) groups excluding carboxylic acids is 1. The van der Waals surface area contributed by atoms with Crippen LogP contribution in [0.3, 0.4) is 0 Å². The zero-order valence-corrected chi connectivity index (χ0v) is 15.2. The number of rotatable bonds is 2. The highest BCUT2D eigenvalue weighted by atomic mass is 19.1. The van der Waals surface area contributed by atoms with Crippen molar-refractivity contribution in [2.45, 2.75) is 19.5 Å². The molecule has 0 saturated heterocycles. The molecule has 0 bridgehead atoms. The van der Waals surface area contributed by atoms with Crippen molar-refractivity contribution in [3.8, 4) is 11.5 Å². The van der Waals surface area contributed by atoms with E-state index in [4.69, 9.17) is 0 Å². The predicted octanol–water partition coefficient (Wildman–Crippen LogP) is 2.95. The van der Waals surface area contributed by atoms with Gasteiger partial charge in [-0.15, -0.1) is 10.2 Å². The smallest absolute Gasteiger partial charge is 0.254 e. The van der Waals surface area contributed by atoms with Crippen LogP contribution in [0.4, 0.5) is 4.39 Å². The molecule has 0 fully saturated rings. The van der Waals surface area contributed by atoms with Gasteiger partial charge < -0.3 is 9.47 Å². The number of carbonyl (C=O) groups is 1. The number of hydrogen-bond donors (Lipinski definition) is 0. The van der Waals surface area contributed by atoms with Crippen LogP contribution in [-0.4, -0.2) is 41.7 Å². The Kier molecular flexibility index (Phi) is 3.71. The second kappa shape index (κ2) is 6.26. The van der Waals surface area contributed by atoms with Crippen LogP contribution < -0.4 is 0 Å². The van der Waals surface area contributed by atoms with Crippen molar-refractivity contribution in [2.75, 3.05) is 6.54 Å². The van der Waals surface area contributed by atoms with Crippen LogP contribution in [0.1, 0.15) is 29.1 Å². The first-order valence-corrected chi connectivity index (χ1v) is 9.06. The summed E-state index contributed by atoms with van der Waals surface area (Å²) >= 11 is 0. The van der Waals surface area contributed by atoms with Gasteiger partial charge in [-0.1, -0.05) is 6.07 Å². The van der Waals surface area contributed by atoms with Gasteiger partial charge in [-0.3, -0.25) is 4.79 Å². The lowest BCUT2D eigenvalue weighted by molar-refractivity contribution is 0.0638. The van der Waals surface area contributed by atoms with E-state index < -0.39 is 0 Å². The van der Waals surface area contributed by atoms with Gasteiger partial charge in [-0.2, -0.15) is 5.10 Å². The van der Waals surface area contributed by atoms with E-state index in [2.05, 4.69) is 15.3 Å². The van der Waals surface area contributed by atoms with Gasteiger partial charge in [0.25, 0.3) is 5.91 Å². The summed E-state index contributed by atoms with van der Waals surface area (Å²) < 4.78 is 17.0. The third-order valence-corrected chi connectivity index (χ3v) is 5.14. The van der Waals surface area contributed by atoms with E-state index >= 15 is 0 Å². The highest BCUT2D eigenvalue weighted by Crippen LogP contribution is 2.29. The summed E-state index contributed by atoms with van der Waals surface area (Å²) in [6.45, 7) is 3.01. The Bertz CT molecular complexity index is 1150. The maximum atomic E-state index is 13.2. The molecule has 0 spiro atoms. The topological polar surface area (TPSA) is 68.3 Å². The standard InChI is InChI=1S/C20H17FN6O/c1-13-18-22-23-19(17-12-16-4-2-3-9-27(16)24-17)26(18)11-10-25(13)20(28)14-5-7-15(21)8-6-14/h2-9,12-13H,10-11H2,1H3/t13-/m1/s1. The van der Waals surface area contributed by atoms with Gasteiger partial charge in [0, 0.05) is 24.8 Å². The van der Waals surface area contributed by atoms with Crippen LogP contribution >= 0.6 is 0 Å². The van der Waals surface area contributed by atoms with Crippen LogP contribution in [0, 0.1) is 5.82 Å². The maximum absolute atomic E-state index is 13.2. The largest absolute Gasteiger partial charge is 0.327 e. The molecule has 0 radical (unpaired) electrons. The molecular formula is C20H17FN6O. The molecule has 0 saturated carbocycles. The van der Waals surface area contributed by atoms with Gasteiger partial charge >= 0.3 is 0 Å². The first-order valence-electron chi connectivity index (χ1n) is 9.06. The summed E-state index contributed by atoms with van der Waals surface area (Å²) in [6, 6.07) is 13.2. The van der Waals surface area contributed by atoms with Crippen LogP contribution in [0.25, 0.3) is 17.0 Å². The van der Waals surface area contributed by atoms with Crippen molar-refractivity contribution >= 4 is 11.4 Å². The average molecular weight is 376 g/mol. The van der Waals surface area contributed by atoms with E-state index in [0.717, 1.165) is 11.2 Å². The van der Waals surface area contributed by atoms with E-state index in [1.165, 1.54) is 24.3 Å². The molecule has 1 amide bonds. The SMILES string of the molecule is C[C@@H]1c2nnc(-c3cc4ccccn4n3)n2CCN1C(=O)c1ccc(F)cc1. The van der Waals surface area contributed by atoms with Crippen molar-refractivity contribution in [3.05, 3.63) is 71.9 Å². The Morgan fingerprint density at radius 1 is 1.11 bits per heavy atom. The zero-order chi connectivity index (χ0) is 19.3. The minimum Gasteiger partial charge on any atom is -0.327 e. The number of pyridine rings is 1. The number of hydrogen-bond acceptors (Lipinski definition) is 4. The number of nitrogens with zero attached hydrogens (tertiary/aromatic N) is 6. The zero-order valence-electron chi connectivity index (χ0n) is 15.2. The van der Waals surface area contributed by atoms with Crippen molar-refractivity contribution in [2.24, 2.45) is 0 Å². The predicted molar refractivity (Wildman–Crippen MR) is 100 cm³/mol. The lowest BCUT2D eigenvalue weighted by Gasteiger charge is -2.33. The molecule has 3 aromatic heterocycles. The van der Waals surface area contributed by atoms with E-state index in [1.807, 2.05) is 42.0 Å². The third kappa shape index (κ3) is 2.57. The first kappa shape index (κ1) is 16.6. The van der Waals surface area contributed by atoms with Gasteiger partial charge in [-0.25, -0.2) is 8.91 Å². The van der Waals surface area contributed by atoms with Crippen molar-refractivity contribution in [3.63, 3.8) is 0 Å². The molecular weight excluding hydrogens is 359 g/mol. The fourth-order valence-electron chi connectivity index (χ4n) is 3.66. The summed E-state index contributed by atoms with van der Waals surface area (Å²) in [5.74, 6) is 0.907. The first-order chi connectivity index (χ1) is 13.6. The number of amides is 1. The summed E-state index contributed by atoms with van der Waals surface area (Å²) in [5.41, 5.74) is 2.18. The molecule has 5 rings (SSSR count). The molecule has 8 heteroatoms. The normalized spacial score (nSPS) is 16.4. The Balaban J connectivity index is 1.47.